The third-order valence-electron chi connectivity index (χ3n) is 3.07. The summed E-state index contributed by atoms with van der Waals surface area (Å²) in [5.41, 5.74) is 0.619. The number of carbonyl (C=O) groups excluding carboxylic acids is 1. The van der Waals surface area contributed by atoms with Crippen LogP contribution < -0.4 is 0 Å². The minimum Gasteiger partial charge on any atom is -0.446 e. The van der Waals surface area contributed by atoms with Gasteiger partial charge in [-0.25, -0.2) is 9.69 Å². The molecular weight excluding hydrogens is 260 g/mol. The van der Waals surface area contributed by atoms with Crippen LogP contribution in [-0.4, -0.2) is 28.6 Å². The standard InChI is InChI=1S/C14H14N2O4/c1-10(2)13-9-20-14(17)15(13)8-7-11-3-5-12(6-4-11)16(18)19/h3-6,10,13H,9H2,1-2H3. The number of benzene rings is 1. The number of carbonyl (C=O) groups is 1. The van der Waals surface area contributed by atoms with E-state index in [0.717, 1.165) is 0 Å². The predicted octanol–water partition coefficient (Wildman–Crippen LogP) is 2.38. The molecule has 1 aromatic rings. The maximum atomic E-state index is 11.6. The Balaban J connectivity index is 2.17. The quantitative estimate of drug-likeness (QED) is 0.471. The van der Waals surface area contributed by atoms with Crippen molar-refractivity contribution in [3.63, 3.8) is 0 Å². The SMILES string of the molecule is CC(C)C1COC(=O)N1C#Cc1ccc([N+](=O)[O-])cc1. The highest BCUT2D eigenvalue weighted by Gasteiger charge is 2.34. The van der Waals surface area contributed by atoms with Gasteiger partial charge >= 0.3 is 6.09 Å². The van der Waals surface area contributed by atoms with E-state index in [0.29, 0.717) is 12.2 Å². The summed E-state index contributed by atoms with van der Waals surface area (Å²) in [6, 6.07) is 8.57. The molecule has 1 unspecified atom stereocenters. The highest BCUT2D eigenvalue weighted by atomic mass is 16.6. The van der Waals surface area contributed by atoms with Crippen LogP contribution in [0.15, 0.2) is 24.3 Å². The third kappa shape index (κ3) is 2.88. The lowest BCUT2D eigenvalue weighted by atomic mass is 10.1. The largest absolute Gasteiger partial charge is 0.446 e. The van der Waals surface area contributed by atoms with Gasteiger partial charge in [-0.05, 0) is 24.0 Å². The van der Waals surface area contributed by atoms with Gasteiger partial charge in [-0.15, -0.1) is 0 Å². The summed E-state index contributed by atoms with van der Waals surface area (Å²) in [6.45, 7) is 4.33. The van der Waals surface area contributed by atoms with Gasteiger partial charge in [0.25, 0.3) is 5.69 Å². The number of ether oxygens (including phenoxy) is 1. The molecule has 0 aromatic heterocycles. The number of cyclic esters (lactones) is 1. The summed E-state index contributed by atoms with van der Waals surface area (Å²) in [6.07, 6.45) is -0.446. The number of nitro benzene ring substituents is 1. The second-order valence-corrected chi connectivity index (χ2v) is 4.80. The number of non-ortho nitro benzene ring substituents is 1. The Bertz CT molecular complexity index is 583. The molecule has 0 N–H and O–H groups in total. The molecule has 1 aromatic carbocycles. The van der Waals surface area contributed by atoms with Crippen molar-refractivity contribution in [1.29, 1.82) is 0 Å². The van der Waals surface area contributed by atoms with Crippen LogP contribution in [0.25, 0.3) is 0 Å². The highest BCUT2D eigenvalue weighted by molar-refractivity contribution is 5.72. The van der Waals surface area contributed by atoms with E-state index in [1.807, 2.05) is 13.8 Å². The third-order valence-corrected chi connectivity index (χ3v) is 3.07. The smallest absolute Gasteiger partial charge is 0.422 e. The lowest BCUT2D eigenvalue weighted by Gasteiger charge is -2.17. The summed E-state index contributed by atoms with van der Waals surface area (Å²) in [5.74, 6) is 3.06. The lowest BCUT2D eigenvalue weighted by Crippen LogP contribution is -2.33. The fourth-order valence-electron chi connectivity index (χ4n) is 1.85. The maximum absolute atomic E-state index is 11.6. The van der Waals surface area contributed by atoms with Crippen LogP contribution in [0.1, 0.15) is 19.4 Å². The zero-order chi connectivity index (χ0) is 14.7. The van der Waals surface area contributed by atoms with Crippen molar-refractivity contribution in [2.45, 2.75) is 19.9 Å². The van der Waals surface area contributed by atoms with Crippen LogP contribution in [0.5, 0.6) is 0 Å². The normalized spacial score (nSPS) is 17.6. The molecule has 1 amide bonds. The second-order valence-electron chi connectivity index (χ2n) is 4.80. The van der Waals surface area contributed by atoms with E-state index in [1.165, 1.54) is 17.0 Å². The summed E-state index contributed by atoms with van der Waals surface area (Å²) in [5, 5.41) is 10.5. The number of hydrogen-bond donors (Lipinski definition) is 0. The van der Waals surface area contributed by atoms with Crippen molar-refractivity contribution >= 4 is 11.8 Å². The molecule has 20 heavy (non-hydrogen) atoms. The van der Waals surface area contributed by atoms with Gasteiger partial charge in [0.2, 0.25) is 0 Å². The molecule has 6 heteroatoms. The first-order chi connectivity index (χ1) is 9.49. The molecule has 1 heterocycles. The van der Waals surface area contributed by atoms with Gasteiger partial charge in [0.1, 0.15) is 6.61 Å². The summed E-state index contributed by atoms with van der Waals surface area (Å²) in [4.78, 5) is 23.0. The number of rotatable bonds is 2. The first kappa shape index (κ1) is 13.9. The molecule has 0 bridgehead atoms. The molecule has 2 rings (SSSR count). The fraction of sp³-hybridized carbons (Fsp3) is 0.357. The Morgan fingerprint density at radius 3 is 2.60 bits per heavy atom. The monoisotopic (exact) mass is 274 g/mol. The van der Waals surface area contributed by atoms with Gasteiger partial charge in [0, 0.05) is 23.7 Å². The van der Waals surface area contributed by atoms with Gasteiger partial charge in [-0.2, -0.15) is 0 Å². The number of hydrogen-bond acceptors (Lipinski definition) is 4. The summed E-state index contributed by atoms with van der Waals surface area (Å²) >= 11 is 0. The summed E-state index contributed by atoms with van der Waals surface area (Å²) < 4.78 is 4.97. The molecule has 0 aliphatic carbocycles. The molecule has 6 nitrogen and oxygen atoms in total. The van der Waals surface area contributed by atoms with Crippen LogP contribution in [0.4, 0.5) is 10.5 Å². The molecule has 1 aliphatic rings. The Labute approximate surface area is 116 Å². The van der Waals surface area contributed by atoms with E-state index in [1.54, 1.807) is 12.1 Å². The van der Waals surface area contributed by atoms with E-state index in [9.17, 15) is 14.9 Å². The molecule has 1 saturated heterocycles. The first-order valence-electron chi connectivity index (χ1n) is 6.21. The Kier molecular flexibility index (Phi) is 3.89. The average molecular weight is 274 g/mol. The van der Waals surface area contributed by atoms with Crippen LogP contribution >= 0.6 is 0 Å². The van der Waals surface area contributed by atoms with Gasteiger partial charge in [0.15, 0.2) is 0 Å². The zero-order valence-corrected chi connectivity index (χ0v) is 11.2. The van der Waals surface area contributed by atoms with E-state index in [-0.39, 0.29) is 17.6 Å². The molecule has 1 aliphatic heterocycles. The fourth-order valence-corrected chi connectivity index (χ4v) is 1.85. The van der Waals surface area contributed by atoms with Crippen molar-refractivity contribution in [2.75, 3.05) is 6.61 Å². The Morgan fingerprint density at radius 2 is 2.05 bits per heavy atom. The van der Waals surface area contributed by atoms with Crippen molar-refractivity contribution in [1.82, 2.24) is 4.90 Å². The zero-order valence-electron chi connectivity index (χ0n) is 11.2. The van der Waals surface area contributed by atoms with Gasteiger partial charge in [-0.1, -0.05) is 13.8 Å². The molecule has 0 saturated carbocycles. The van der Waals surface area contributed by atoms with Crippen LogP contribution in [0.3, 0.4) is 0 Å². The van der Waals surface area contributed by atoms with Crippen LogP contribution in [0.2, 0.25) is 0 Å². The summed E-state index contributed by atoms with van der Waals surface area (Å²) in [7, 11) is 0. The number of nitro groups is 1. The second kappa shape index (κ2) is 5.61. The van der Waals surface area contributed by atoms with Crippen molar-refractivity contribution < 1.29 is 14.5 Å². The maximum Gasteiger partial charge on any atom is 0.422 e. The van der Waals surface area contributed by atoms with E-state index in [4.69, 9.17) is 4.74 Å². The van der Waals surface area contributed by atoms with Gasteiger partial charge in [-0.3, -0.25) is 10.1 Å². The van der Waals surface area contributed by atoms with E-state index in [2.05, 4.69) is 12.0 Å². The Hall–Kier alpha value is -2.55. The minimum atomic E-state index is -0.468. The highest BCUT2D eigenvalue weighted by Crippen LogP contribution is 2.18. The van der Waals surface area contributed by atoms with E-state index < -0.39 is 11.0 Å². The number of nitrogens with zero attached hydrogens (tertiary/aromatic N) is 2. The van der Waals surface area contributed by atoms with Gasteiger partial charge < -0.3 is 4.74 Å². The molecular formula is C14H14N2O4. The Morgan fingerprint density at radius 1 is 1.40 bits per heavy atom. The van der Waals surface area contributed by atoms with E-state index >= 15 is 0 Å². The van der Waals surface area contributed by atoms with Crippen molar-refractivity contribution in [3.05, 3.63) is 39.9 Å². The first-order valence-corrected chi connectivity index (χ1v) is 6.21. The topological polar surface area (TPSA) is 72.7 Å². The van der Waals surface area contributed by atoms with Crippen LogP contribution in [0, 0.1) is 28.0 Å². The molecule has 104 valence electrons. The number of amides is 1. The average Bonchev–Trinajstić information content (AvgIpc) is 2.78. The van der Waals surface area contributed by atoms with Crippen LogP contribution in [-0.2, 0) is 4.74 Å². The molecule has 0 radical (unpaired) electrons. The molecule has 1 fully saturated rings. The predicted molar refractivity (Wildman–Crippen MR) is 71.8 cm³/mol. The molecule has 1 atom stereocenters. The van der Waals surface area contributed by atoms with Crippen molar-refractivity contribution in [3.8, 4) is 12.0 Å². The van der Waals surface area contributed by atoms with Crippen molar-refractivity contribution in [2.24, 2.45) is 5.92 Å². The molecule has 0 spiro atoms. The van der Waals surface area contributed by atoms with Gasteiger partial charge in [0.05, 0.1) is 11.0 Å². The minimum absolute atomic E-state index is 0.0104. The lowest BCUT2D eigenvalue weighted by molar-refractivity contribution is -0.384.